The summed E-state index contributed by atoms with van der Waals surface area (Å²) in [6.07, 6.45) is 3.64. The van der Waals surface area contributed by atoms with E-state index in [2.05, 4.69) is 24.8 Å². The van der Waals surface area contributed by atoms with Crippen LogP contribution in [-0.4, -0.2) is 32.8 Å². The highest BCUT2D eigenvalue weighted by molar-refractivity contribution is 8.26. The number of thioether (sulfide) groups is 1. The number of hydrogen-bond acceptors (Lipinski definition) is 6. The summed E-state index contributed by atoms with van der Waals surface area (Å²) in [7, 11) is 0. The normalized spacial score (nSPS) is 21.1. The van der Waals surface area contributed by atoms with E-state index in [-0.39, 0.29) is 29.4 Å². The predicted octanol–water partition coefficient (Wildman–Crippen LogP) is 5.46. The number of benzene rings is 1. The molecule has 2 aliphatic rings. The van der Waals surface area contributed by atoms with Gasteiger partial charge < -0.3 is 4.90 Å². The highest BCUT2D eigenvalue weighted by atomic mass is 32.2. The fourth-order valence-corrected chi connectivity index (χ4v) is 6.53. The number of thiocarbonyl (C=S) groups is 1. The van der Waals surface area contributed by atoms with Gasteiger partial charge in [-0.3, -0.25) is 19.1 Å². The summed E-state index contributed by atoms with van der Waals surface area (Å²) in [6.45, 7) is 10.5. The molecule has 2 aliphatic heterocycles. The molecule has 0 radical (unpaired) electrons. The third-order valence-electron chi connectivity index (χ3n) is 6.86. The number of aromatic nitrogens is 1. The topological polar surface area (TPSA) is 69.3 Å². The number of carbonyl (C=O) groups is 1. The van der Waals surface area contributed by atoms with Gasteiger partial charge in [-0.1, -0.05) is 56.9 Å². The number of hydrogen-bond donors (Lipinski definition) is 0. The molecule has 9 heteroatoms. The number of rotatable bonds is 6. The van der Waals surface area contributed by atoms with Crippen molar-refractivity contribution in [2.24, 2.45) is 11.8 Å². The quantitative estimate of drug-likeness (QED) is 0.359. The minimum absolute atomic E-state index is 0.100. The van der Waals surface area contributed by atoms with Crippen LogP contribution in [0.1, 0.15) is 55.9 Å². The average Bonchev–Trinajstić information content (AvgIpc) is 3.10. The predicted molar refractivity (Wildman–Crippen MR) is 151 cm³/mol. The van der Waals surface area contributed by atoms with Gasteiger partial charge in [0.25, 0.3) is 11.5 Å². The number of nitriles is 1. The molecule has 2 saturated heterocycles. The molecule has 0 saturated carbocycles. The molecule has 3 heterocycles. The van der Waals surface area contributed by atoms with E-state index in [0.29, 0.717) is 38.7 Å². The zero-order valence-corrected chi connectivity index (χ0v) is 23.2. The Bertz CT molecular complexity index is 1350. The number of amides is 1. The summed E-state index contributed by atoms with van der Waals surface area (Å²) in [4.78, 5) is 31.0. The van der Waals surface area contributed by atoms with Crippen molar-refractivity contribution in [2.75, 3.05) is 18.0 Å². The second-order valence-corrected chi connectivity index (χ2v) is 11.7. The van der Waals surface area contributed by atoms with Crippen molar-refractivity contribution in [1.82, 2.24) is 9.47 Å². The molecule has 0 spiro atoms. The van der Waals surface area contributed by atoms with E-state index in [4.69, 9.17) is 12.2 Å². The summed E-state index contributed by atoms with van der Waals surface area (Å²) in [5.74, 6) is 1.09. The zero-order valence-electron chi connectivity index (χ0n) is 21.6. The first-order valence-corrected chi connectivity index (χ1v) is 13.8. The van der Waals surface area contributed by atoms with Crippen LogP contribution in [0.4, 0.5) is 10.2 Å². The first-order valence-electron chi connectivity index (χ1n) is 12.6. The Labute approximate surface area is 226 Å². The molecule has 2 unspecified atom stereocenters. The summed E-state index contributed by atoms with van der Waals surface area (Å²) in [5.41, 5.74) is 1.88. The van der Waals surface area contributed by atoms with Crippen LogP contribution in [0.3, 0.4) is 0 Å². The van der Waals surface area contributed by atoms with E-state index < -0.39 is 0 Å². The molecule has 194 valence electrons. The number of pyridine rings is 1. The highest BCUT2D eigenvalue weighted by Gasteiger charge is 2.34. The van der Waals surface area contributed by atoms with E-state index in [1.54, 1.807) is 29.7 Å². The molecular formula is C28H31FN4O2S2. The third-order valence-corrected chi connectivity index (χ3v) is 8.24. The van der Waals surface area contributed by atoms with Crippen molar-refractivity contribution < 1.29 is 9.18 Å². The fourth-order valence-electron chi connectivity index (χ4n) is 5.29. The molecular weight excluding hydrogens is 507 g/mol. The van der Waals surface area contributed by atoms with Crippen LogP contribution in [0.5, 0.6) is 0 Å². The molecule has 2 fully saturated rings. The maximum Gasteiger partial charge on any atom is 0.270 e. The van der Waals surface area contributed by atoms with E-state index in [1.165, 1.54) is 28.8 Å². The molecule has 0 bridgehead atoms. The maximum atomic E-state index is 13.5. The minimum Gasteiger partial charge on any atom is -0.357 e. The Hall–Kier alpha value is -2.96. The molecule has 1 aromatic heterocycles. The standard InChI is InChI=1S/C28H31FN4O2S2/c1-5-10-32-25(31-14-17(2)11-18(3)15-31)22(19(4)23(13-30)26(32)34)12-24-27(35)33(28(36)37-24)16-20-6-8-21(29)9-7-20/h6-9,12,17-18H,5,10-11,14-16H2,1-4H3. The van der Waals surface area contributed by atoms with Gasteiger partial charge >= 0.3 is 0 Å². The number of nitrogens with zero attached hydrogens (tertiary/aromatic N) is 4. The van der Waals surface area contributed by atoms with Gasteiger partial charge in [0.05, 0.1) is 11.4 Å². The second kappa shape index (κ2) is 11.2. The van der Waals surface area contributed by atoms with Gasteiger partial charge in [0.1, 0.15) is 27.6 Å². The molecule has 2 aromatic rings. The van der Waals surface area contributed by atoms with Crippen molar-refractivity contribution >= 4 is 46.1 Å². The molecule has 1 amide bonds. The molecule has 0 N–H and O–H groups in total. The molecule has 37 heavy (non-hydrogen) atoms. The van der Waals surface area contributed by atoms with Crippen LogP contribution in [0.15, 0.2) is 34.0 Å². The van der Waals surface area contributed by atoms with E-state index in [0.717, 1.165) is 37.3 Å². The molecule has 2 atom stereocenters. The minimum atomic E-state index is -0.339. The van der Waals surface area contributed by atoms with Gasteiger partial charge in [0, 0.05) is 25.2 Å². The van der Waals surface area contributed by atoms with Crippen LogP contribution >= 0.6 is 24.0 Å². The van der Waals surface area contributed by atoms with Gasteiger partial charge in [0.2, 0.25) is 0 Å². The van der Waals surface area contributed by atoms with E-state index in [1.807, 2.05) is 6.92 Å². The van der Waals surface area contributed by atoms with Crippen molar-refractivity contribution in [3.8, 4) is 6.07 Å². The first-order chi connectivity index (χ1) is 17.6. The lowest BCUT2D eigenvalue weighted by molar-refractivity contribution is -0.122. The largest absolute Gasteiger partial charge is 0.357 e. The summed E-state index contributed by atoms with van der Waals surface area (Å²) in [5, 5.41) is 9.86. The average molecular weight is 539 g/mol. The Morgan fingerprint density at radius 1 is 1.19 bits per heavy atom. The van der Waals surface area contributed by atoms with E-state index >= 15 is 0 Å². The lowest BCUT2D eigenvalue weighted by atomic mass is 9.91. The van der Waals surface area contributed by atoms with Gasteiger partial charge in [-0.05, 0) is 60.9 Å². The molecule has 0 aliphatic carbocycles. The molecule has 6 nitrogen and oxygen atoms in total. The second-order valence-electron chi connectivity index (χ2n) is 10.1. The SMILES string of the molecule is CCCn1c(N2CC(C)CC(C)C2)c(C=C2SC(=S)N(Cc3ccc(F)cc3)C2=O)c(C)c(C#N)c1=O. The lowest BCUT2D eigenvalue weighted by Crippen LogP contribution is -2.43. The Balaban J connectivity index is 1.83. The van der Waals surface area contributed by atoms with Gasteiger partial charge in [0.15, 0.2) is 0 Å². The lowest BCUT2D eigenvalue weighted by Gasteiger charge is -2.39. The number of piperidine rings is 1. The highest BCUT2D eigenvalue weighted by Crippen LogP contribution is 2.38. The number of carbonyl (C=O) groups excluding carboxylic acids is 1. The van der Waals surface area contributed by atoms with Crippen molar-refractivity contribution in [3.05, 3.63) is 67.6 Å². The van der Waals surface area contributed by atoms with Gasteiger partial charge in [-0.2, -0.15) is 5.26 Å². The Morgan fingerprint density at radius 2 is 1.84 bits per heavy atom. The number of halogens is 1. The number of anilines is 1. The van der Waals surface area contributed by atoms with Crippen molar-refractivity contribution in [1.29, 1.82) is 5.26 Å². The van der Waals surface area contributed by atoms with Crippen molar-refractivity contribution in [3.63, 3.8) is 0 Å². The van der Waals surface area contributed by atoms with Crippen LogP contribution in [0.25, 0.3) is 6.08 Å². The third kappa shape index (κ3) is 5.51. The van der Waals surface area contributed by atoms with Crippen LogP contribution in [-0.2, 0) is 17.9 Å². The summed E-state index contributed by atoms with van der Waals surface area (Å²) in [6, 6.07) is 8.10. The summed E-state index contributed by atoms with van der Waals surface area (Å²) < 4.78 is 15.5. The fraction of sp³-hybridized carbons (Fsp3) is 0.429. The van der Waals surface area contributed by atoms with Crippen molar-refractivity contribution in [2.45, 2.75) is 53.6 Å². The van der Waals surface area contributed by atoms with Gasteiger partial charge in [-0.15, -0.1) is 0 Å². The maximum absolute atomic E-state index is 13.5. The molecule has 4 rings (SSSR count). The first kappa shape index (κ1) is 27.1. The van der Waals surface area contributed by atoms with Gasteiger partial charge in [-0.25, -0.2) is 4.39 Å². The molecule has 1 aromatic carbocycles. The monoisotopic (exact) mass is 538 g/mol. The smallest absolute Gasteiger partial charge is 0.270 e. The summed E-state index contributed by atoms with van der Waals surface area (Å²) >= 11 is 6.74. The van der Waals surface area contributed by atoms with Crippen LogP contribution < -0.4 is 10.5 Å². The Morgan fingerprint density at radius 3 is 2.43 bits per heavy atom. The van der Waals surface area contributed by atoms with Crippen LogP contribution in [0, 0.1) is 35.9 Å². The van der Waals surface area contributed by atoms with Crippen LogP contribution in [0.2, 0.25) is 0 Å². The zero-order chi connectivity index (χ0) is 26.9. The van der Waals surface area contributed by atoms with E-state index in [9.17, 15) is 19.2 Å². The Kier molecular flexibility index (Phi) is 8.20.